The molecule has 2 aromatic rings. The number of hydrogen-bond donors (Lipinski definition) is 2. The van der Waals surface area contributed by atoms with Crippen LogP contribution in [-0.4, -0.2) is 48.2 Å². The van der Waals surface area contributed by atoms with Crippen molar-refractivity contribution in [2.24, 2.45) is 5.73 Å². The highest BCUT2D eigenvalue weighted by Crippen LogP contribution is 2.47. The lowest BCUT2D eigenvalue weighted by atomic mass is 9.82. The summed E-state index contributed by atoms with van der Waals surface area (Å²) in [6.07, 6.45) is 3.17. The van der Waals surface area contributed by atoms with Crippen LogP contribution in [0, 0.1) is 5.41 Å². The van der Waals surface area contributed by atoms with Crippen molar-refractivity contribution in [3.8, 4) is 11.5 Å². The number of nitrogen functional groups attached to an aromatic ring is 1. The Kier molecular flexibility index (Phi) is 5.82. The first-order chi connectivity index (χ1) is 15.6. The number of piperidine rings is 1. The van der Waals surface area contributed by atoms with Gasteiger partial charge in [0.15, 0.2) is 0 Å². The van der Waals surface area contributed by atoms with Gasteiger partial charge in [-0.25, -0.2) is 4.79 Å². The minimum Gasteiger partial charge on any atom is -0.496 e. The summed E-state index contributed by atoms with van der Waals surface area (Å²) >= 11 is 0. The molecular weight excluding hydrogens is 418 g/mol. The van der Waals surface area contributed by atoms with Gasteiger partial charge in [0.05, 0.1) is 12.7 Å². The monoisotopic (exact) mass is 449 g/mol. The van der Waals surface area contributed by atoms with Crippen LogP contribution in [-0.2, 0) is 4.74 Å². The molecule has 2 aliphatic heterocycles. The number of carbonyl (C=O) groups is 1. The molecule has 0 aliphatic carbocycles. The van der Waals surface area contributed by atoms with E-state index in [9.17, 15) is 4.79 Å². The fourth-order valence-corrected chi connectivity index (χ4v) is 4.31. The lowest BCUT2D eigenvalue weighted by Gasteiger charge is -2.43. The molecule has 0 aromatic heterocycles. The normalized spacial score (nSPS) is 17.0. The van der Waals surface area contributed by atoms with Crippen molar-refractivity contribution in [1.82, 2.24) is 4.90 Å². The molecule has 0 radical (unpaired) electrons. The van der Waals surface area contributed by atoms with E-state index in [0.29, 0.717) is 31.5 Å². The zero-order valence-corrected chi connectivity index (χ0v) is 19.6. The quantitative estimate of drug-likeness (QED) is 0.528. The van der Waals surface area contributed by atoms with Crippen LogP contribution in [0.4, 0.5) is 4.79 Å². The van der Waals surface area contributed by atoms with Crippen molar-refractivity contribution >= 4 is 17.5 Å². The molecule has 0 unspecified atom stereocenters. The molecule has 2 heterocycles. The van der Waals surface area contributed by atoms with Gasteiger partial charge in [0, 0.05) is 31.5 Å². The van der Waals surface area contributed by atoms with E-state index in [0.717, 1.165) is 28.2 Å². The van der Waals surface area contributed by atoms with E-state index in [-0.39, 0.29) is 11.9 Å². The summed E-state index contributed by atoms with van der Waals surface area (Å²) in [7, 11) is 1.65. The predicted octanol–water partition coefficient (Wildman–Crippen LogP) is 4.57. The average Bonchev–Trinajstić information content (AvgIpc) is 2.77. The Morgan fingerprint density at radius 2 is 1.79 bits per heavy atom. The Morgan fingerprint density at radius 3 is 2.36 bits per heavy atom. The number of nitrogens with two attached hydrogens (primary N) is 1. The van der Waals surface area contributed by atoms with E-state index < -0.39 is 11.2 Å². The molecule has 1 fully saturated rings. The molecule has 174 valence electrons. The molecule has 0 bridgehead atoms. The molecule has 1 amide bonds. The van der Waals surface area contributed by atoms with Gasteiger partial charge < -0.3 is 24.8 Å². The zero-order chi connectivity index (χ0) is 23.8. The van der Waals surface area contributed by atoms with E-state index >= 15 is 0 Å². The average molecular weight is 450 g/mol. The summed E-state index contributed by atoms with van der Waals surface area (Å²) in [4.78, 5) is 14.3. The van der Waals surface area contributed by atoms with E-state index in [4.69, 9.17) is 25.4 Å². The van der Waals surface area contributed by atoms with Crippen molar-refractivity contribution in [2.45, 2.75) is 44.8 Å². The Hall–Kier alpha value is -3.48. The van der Waals surface area contributed by atoms with Crippen LogP contribution in [0.15, 0.2) is 48.5 Å². The second kappa shape index (κ2) is 8.46. The highest BCUT2D eigenvalue weighted by atomic mass is 16.6. The van der Waals surface area contributed by atoms with E-state index in [1.165, 1.54) is 0 Å². The van der Waals surface area contributed by atoms with Crippen molar-refractivity contribution in [1.29, 1.82) is 5.41 Å². The lowest BCUT2D eigenvalue weighted by molar-refractivity contribution is -0.00120. The Morgan fingerprint density at radius 1 is 1.12 bits per heavy atom. The first-order valence-electron chi connectivity index (χ1n) is 11.1. The largest absolute Gasteiger partial charge is 0.496 e. The Labute approximate surface area is 194 Å². The predicted molar refractivity (Wildman–Crippen MR) is 128 cm³/mol. The number of hydrogen-bond acceptors (Lipinski definition) is 5. The molecule has 7 nitrogen and oxygen atoms in total. The molecule has 0 atom stereocenters. The molecular formula is C26H31N3O4. The van der Waals surface area contributed by atoms with Crippen LogP contribution < -0.4 is 15.2 Å². The van der Waals surface area contributed by atoms with Crippen molar-refractivity contribution < 1.29 is 19.0 Å². The Bertz CT molecular complexity index is 1090. The standard InChI is InChI=1S/C26H31N3O4/c1-25(2,3)33-24(30)29-14-12-26(13-15-29)16-19(17-8-10-18(11-9-17)23(27)28)22-20(31-4)6-5-7-21(22)32-26/h5-11,16H,12-15H2,1-4H3,(H3,27,28). The maximum absolute atomic E-state index is 12.5. The molecule has 1 saturated heterocycles. The first-order valence-corrected chi connectivity index (χ1v) is 11.1. The van der Waals surface area contributed by atoms with Gasteiger partial charge in [0.25, 0.3) is 0 Å². The van der Waals surface area contributed by atoms with Gasteiger partial charge in [-0.05, 0) is 50.1 Å². The topological polar surface area (TPSA) is 97.9 Å². The van der Waals surface area contributed by atoms with Crippen LogP contribution in [0.1, 0.15) is 50.3 Å². The number of ether oxygens (including phenoxy) is 3. The fourth-order valence-electron chi connectivity index (χ4n) is 4.31. The number of methoxy groups -OCH3 is 1. The number of nitrogens with zero attached hydrogens (tertiary/aromatic N) is 1. The molecule has 7 heteroatoms. The van der Waals surface area contributed by atoms with Crippen LogP contribution in [0.5, 0.6) is 11.5 Å². The maximum atomic E-state index is 12.5. The van der Waals surface area contributed by atoms with Gasteiger partial charge in [0.2, 0.25) is 0 Å². The summed E-state index contributed by atoms with van der Waals surface area (Å²) in [5.74, 6) is 1.52. The van der Waals surface area contributed by atoms with Crippen LogP contribution in [0.3, 0.4) is 0 Å². The molecule has 33 heavy (non-hydrogen) atoms. The fraction of sp³-hybridized carbons (Fsp3) is 0.385. The summed E-state index contributed by atoms with van der Waals surface area (Å²) in [5.41, 5.74) is 8.15. The van der Waals surface area contributed by atoms with Gasteiger partial charge in [0.1, 0.15) is 28.5 Å². The van der Waals surface area contributed by atoms with Crippen molar-refractivity contribution in [2.75, 3.05) is 20.2 Å². The number of amides is 1. The summed E-state index contributed by atoms with van der Waals surface area (Å²) in [6.45, 7) is 6.70. The van der Waals surface area contributed by atoms with Gasteiger partial charge >= 0.3 is 6.09 Å². The molecule has 3 N–H and O–H groups in total. The van der Waals surface area contributed by atoms with E-state index in [1.807, 2.05) is 63.2 Å². The lowest BCUT2D eigenvalue weighted by Crippen LogP contribution is -2.50. The second-order valence-electron chi connectivity index (χ2n) is 9.52. The van der Waals surface area contributed by atoms with Crippen LogP contribution in [0.25, 0.3) is 5.57 Å². The van der Waals surface area contributed by atoms with Crippen LogP contribution in [0.2, 0.25) is 0 Å². The summed E-state index contributed by atoms with van der Waals surface area (Å²) < 4.78 is 17.8. The van der Waals surface area contributed by atoms with Gasteiger partial charge in [-0.15, -0.1) is 0 Å². The summed E-state index contributed by atoms with van der Waals surface area (Å²) in [5, 5.41) is 7.68. The first kappa shape index (κ1) is 22.7. The minimum absolute atomic E-state index is 0.0338. The second-order valence-corrected chi connectivity index (χ2v) is 9.52. The van der Waals surface area contributed by atoms with Gasteiger partial charge in [-0.2, -0.15) is 0 Å². The van der Waals surface area contributed by atoms with Gasteiger partial charge in [-0.3, -0.25) is 5.41 Å². The zero-order valence-electron chi connectivity index (χ0n) is 19.6. The number of likely N-dealkylation sites (tertiary alicyclic amines) is 1. The molecule has 1 spiro atoms. The number of benzene rings is 2. The Balaban J connectivity index is 1.68. The highest BCUT2D eigenvalue weighted by molar-refractivity contribution is 5.96. The molecule has 4 rings (SSSR count). The minimum atomic E-state index is -0.535. The third-order valence-electron chi connectivity index (χ3n) is 5.97. The molecule has 0 saturated carbocycles. The third-order valence-corrected chi connectivity index (χ3v) is 5.97. The highest BCUT2D eigenvalue weighted by Gasteiger charge is 2.41. The number of nitrogens with one attached hydrogen (secondary N) is 1. The maximum Gasteiger partial charge on any atom is 0.410 e. The van der Waals surface area contributed by atoms with E-state index in [1.54, 1.807) is 12.0 Å². The number of amidine groups is 1. The van der Waals surface area contributed by atoms with Gasteiger partial charge in [-0.1, -0.05) is 30.3 Å². The smallest absolute Gasteiger partial charge is 0.410 e. The van der Waals surface area contributed by atoms with Crippen LogP contribution >= 0.6 is 0 Å². The van der Waals surface area contributed by atoms with Crippen molar-refractivity contribution in [3.05, 3.63) is 65.2 Å². The summed E-state index contributed by atoms with van der Waals surface area (Å²) in [6, 6.07) is 13.4. The third kappa shape index (κ3) is 4.67. The SMILES string of the molecule is COc1cccc2c1C(c1ccc(C(=N)N)cc1)=CC1(CCN(C(=O)OC(C)(C)C)CC1)O2. The van der Waals surface area contributed by atoms with Crippen molar-refractivity contribution in [3.63, 3.8) is 0 Å². The number of rotatable bonds is 3. The van der Waals surface area contributed by atoms with E-state index in [2.05, 4.69) is 6.08 Å². The molecule has 2 aromatic carbocycles. The number of fused-ring (bicyclic) bond motifs is 1. The molecule has 2 aliphatic rings. The number of carbonyl (C=O) groups excluding carboxylic acids is 1.